The van der Waals surface area contributed by atoms with E-state index in [1.54, 1.807) is 24.4 Å². The molecule has 2 aromatic carbocycles. The molecule has 0 atom stereocenters. The maximum absolute atomic E-state index is 13.3. The summed E-state index contributed by atoms with van der Waals surface area (Å²) in [6.07, 6.45) is 1.59. The molecule has 0 aliphatic carbocycles. The molecule has 0 saturated carbocycles. The summed E-state index contributed by atoms with van der Waals surface area (Å²) in [4.78, 5) is 16.6. The summed E-state index contributed by atoms with van der Waals surface area (Å²) in [5.74, 6) is 0.540. The number of halogens is 1. The van der Waals surface area contributed by atoms with Crippen molar-refractivity contribution in [3.8, 4) is 11.6 Å². The van der Waals surface area contributed by atoms with E-state index in [1.807, 2.05) is 30.3 Å². The topological polar surface area (TPSA) is 51.2 Å². The van der Waals surface area contributed by atoms with Crippen molar-refractivity contribution in [3.05, 3.63) is 89.4 Å². The molecule has 0 unspecified atom stereocenters. The Kier molecular flexibility index (Phi) is 5.81. The van der Waals surface area contributed by atoms with Crippen molar-refractivity contribution in [1.29, 1.82) is 0 Å². The van der Waals surface area contributed by atoms with Crippen molar-refractivity contribution in [2.24, 2.45) is 0 Å². The van der Waals surface area contributed by atoms with Gasteiger partial charge in [0.2, 0.25) is 5.88 Å². The summed E-state index contributed by atoms with van der Waals surface area (Å²) < 4.78 is 19.0. The van der Waals surface area contributed by atoms with Gasteiger partial charge in [-0.3, -0.25) is 4.79 Å². The smallest absolute Gasteiger partial charge is 0.251 e. The number of carbonyl (C=O) groups is 1. The second-order valence-electron chi connectivity index (χ2n) is 6.49. The van der Waals surface area contributed by atoms with Gasteiger partial charge in [-0.1, -0.05) is 38.1 Å². The Bertz CT molecular complexity index is 924. The zero-order valence-corrected chi connectivity index (χ0v) is 15.3. The first-order chi connectivity index (χ1) is 13.0. The summed E-state index contributed by atoms with van der Waals surface area (Å²) in [5, 5.41) is 2.87. The van der Waals surface area contributed by atoms with Crippen molar-refractivity contribution < 1.29 is 13.9 Å². The Labute approximate surface area is 158 Å². The number of carbonyl (C=O) groups excluding carboxylic acids is 1. The van der Waals surface area contributed by atoms with E-state index in [-0.39, 0.29) is 18.3 Å². The van der Waals surface area contributed by atoms with Crippen LogP contribution in [0.5, 0.6) is 11.6 Å². The molecule has 27 heavy (non-hydrogen) atoms. The van der Waals surface area contributed by atoms with E-state index in [4.69, 9.17) is 4.74 Å². The normalized spacial score (nSPS) is 10.7. The van der Waals surface area contributed by atoms with Gasteiger partial charge in [-0.2, -0.15) is 0 Å². The number of nitrogens with zero attached hydrogens (tertiary/aromatic N) is 1. The van der Waals surface area contributed by atoms with E-state index in [0.717, 1.165) is 0 Å². The van der Waals surface area contributed by atoms with Crippen LogP contribution in [0.2, 0.25) is 0 Å². The molecule has 0 aliphatic rings. The van der Waals surface area contributed by atoms with Gasteiger partial charge in [-0.15, -0.1) is 0 Å². The van der Waals surface area contributed by atoms with Crippen LogP contribution < -0.4 is 10.1 Å². The van der Waals surface area contributed by atoms with Gasteiger partial charge in [0, 0.05) is 29.9 Å². The van der Waals surface area contributed by atoms with Crippen LogP contribution in [0, 0.1) is 5.82 Å². The van der Waals surface area contributed by atoms with Gasteiger partial charge in [-0.05, 0) is 41.8 Å². The van der Waals surface area contributed by atoms with E-state index < -0.39 is 0 Å². The summed E-state index contributed by atoms with van der Waals surface area (Å²) in [7, 11) is 0. The summed E-state index contributed by atoms with van der Waals surface area (Å²) >= 11 is 0. The Balaban J connectivity index is 1.68. The van der Waals surface area contributed by atoms with E-state index in [2.05, 4.69) is 24.1 Å². The van der Waals surface area contributed by atoms with Crippen molar-refractivity contribution in [2.75, 3.05) is 0 Å². The molecule has 1 N–H and O–H groups in total. The maximum Gasteiger partial charge on any atom is 0.251 e. The Morgan fingerprint density at radius 1 is 1.11 bits per heavy atom. The Morgan fingerprint density at radius 3 is 2.59 bits per heavy atom. The van der Waals surface area contributed by atoms with E-state index in [0.29, 0.717) is 28.7 Å². The molecule has 0 aliphatic heterocycles. The zero-order valence-electron chi connectivity index (χ0n) is 15.3. The Hall–Kier alpha value is -3.21. The highest BCUT2D eigenvalue weighted by molar-refractivity contribution is 5.94. The molecule has 3 aromatic rings. The number of nitrogens with one attached hydrogen (secondary N) is 1. The first-order valence-electron chi connectivity index (χ1n) is 8.78. The summed E-state index contributed by atoms with van der Waals surface area (Å²) in [5.41, 5.74) is 2.48. The lowest BCUT2D eigenvalue weighted by Gasteiger charge is -2.11. The molecule has 0 bridgehead atoms. The van der Waals surface area contributed by atoms with Crippen LogP contribution in [0.25, 0.3) is 0 Å². The van der Waals surface area contributed by atoms with Gasteiger partial charge in [0.25, 0.3) is 5.91 Å². The molecule has 5 heteroatoms. The first kappa shape index (κ1) is 18.6. The number of ether oxygens (including phenoxy) is 1. The molecule has 0 spiro atoms. The second-order valence-corrected chi connectivity index (χ2v) is 6.49. The lowest BCUT2D eigenvalue weighted by Crippen LogP contribution is -2.23. The zero-order chi connectivity index (χ0) is 19.2. The molecule has 1 heterocycles. The first-order valence-corrected chi connectivity index (χ1v) is 8.78. The number of aromatic nitrogens is 1. The number of amides is 1. The third-order valence-electron chi connectivity index (χ3n) is 4.14. The summed E-state index contributed by atoms with van der Waals surface area (Å²) in [6, 6.07) is 17.0. The third kappa shape index (κ3) is 4.91. The highest BCUT2D eigenvalue weighted by Crippen LogP contribution is 2.23. The van der Waals surface area contributed by atoms with Crippen LogP contribution in [-0.4, -0.2) is 10.9 Å². The largest absolute Gasteiger partial charge is 0.439 e. The third-order valence-corrected chi connectivity index (χ3v) is 4.14. The van der Waals surface area contributed by atoms with Gasteiger partial charge in [0.15, 0.2) is 0 Å². The fourth-order valence-corrected chi connectivity index (χ4v) is 2.59. The summed E-state index contributed by atoms with van der Waals surface area (Å²) in [6.45, 7) is 4.47. The fourth-order valence-electron chi connectivity index (χ4n) is 2.59. The fraction of sp³-hybridized carbons (Fsp3) is 0.182. The van der Waals surface area contributed by atoms with Gasteiger partial charge < -0.3 is 10.1 Å². The Morgan fingerprint density at radius 2 is 1.89 bits per heavy atom. The van der Waals surface area contributed by atoms with E-state index in [9.17, 15) is 9.18 Å². The molecule has 138 valence electrons. The van der Waals surface area contributed by atoms with Crippen molar-refractivity contribution >= 4 is 5.91 Å². The number of pyridine rings is 1. The van der Waals surface area contributed by atoms with E-state index >= 15 is 0 Å². The standard InChI is InChI=1S/C22H21FN2O2/c1-15(2)16-8-10-17(11-9-16)21(26)25-14-18-5-4-12-24-22(18)27-20-7-3-6-19(23)13-20/h3-13,15H,14H2,1-2H3,(H,25,26). The molecular weight excluding hydrogens is 343 g/mol. The molecule has 0 fully saturated rings. The highest BCUT2D eigenvalue weighted by atomic mass is 19.1. The molecular formula is C22H21FN2O2. The number of rotatable bonds is 6. The van der Waals surface area contributed by atoms with Crippen LogP contribution in [0.4, 0.5) is 4.39 Å². The quantitative estimate of drug-likeness (QED) is 0.665. The van der Waals surface area contributed by atoms with Crippen LogP contribution in [0.1, 0.15) is 41.3 Å². The molecule has 0 radical (unpaired) electrons. The molecule has 1 aromatic heterocycles. The van der Waals surface area contributed by atoms with Gasteiger partial charge >= 0.3 is 0 Å². The lowest BCUT2D eigenvalue weighted by atomic mass is 10.0. The molecule has 0 saturated heterocycles. The maximum atomic E-state index is 13.3. The number of hydrogen-bond donors (Lipinski definition) is 1. The van der Waals surface area contributed by atoms with Gasteiger partial charge in [0.05, 0.1) is 0 Å². The number of benzene rings is 2. The average Bonchev–Trinajstić information content (AvgIpc) is 2.67. The van der Waals surface area contributed by atoms with Crippen molar-refractivity contribution in [3.63, 3.8) is 0 Å². The average molecular weight is 364 g/mol. The van der Waals surface area contributed by atoms with Crippen LogP contribution in [0.15, 0.2) is 66.9 Å². The minimum Gasteiger partial charge on any atom is -0.439 e. The van der Waals surface area contributed by atoms with Gasteiger partial charge in [-0.25, -0.2) is 9.37 Å². The van der Waals surface area contributed by atoms with Gasteiger partial charge in [0.1, 0.15) is 11.6 Å². The minimum absolute atomic E-state index is 0.175. The van der Waals surface area contributed by atoms with Crippen molar-refractivity contribution in [1.82, 2.24) is 10.3 Å². The van der Waals surface area contributed by atoms with Crippen LogP contribution in [0.3, 0.4) is 0 Å². The van der Waals surface area contributed by atoms with Crippen LogP contribution >= 0.6 is 0 Å². The molecule has 1 amide bonds. The highest BCUT2D eigenvalue weighted by Gasteiger charge is 2.10. The monoisotopic (exact) mass is 364 g/mol. The van der Waals surface area contributed by atoms with Crippen molar-refractivity contribution in [2.45, 2.75) is 26.3 Å². The van der Waals surface area contributed by atoms with E-state index in [1.165, 1.54) is 17.7 Å². The predicted octanol–water partition coefficient (Wildman–Crippen LogP) is 5.07. The molecule has 4 nitrogen and oxygen atoms in total. The van der Waals surface area contributed by atoms with Crippen LogP contribution in [-0.2, 0) is 6.54 Å². The minimum atomic E-state index is -0.386. The predicted molar refractivity (Wildman–Crippen MR) is 102 cm³/mol. The lowest BCUT2D eigenvalue weighted by molar-refractivity contribution is 0.0950. The SMILES string of the molecule is CC(C)c1ccc(C(=O)NCc2cccnc2Oc2cccc(F)c2)cc1. The second kappa shape index (κ2) is 8.45. The number of hydrogen-bond acceptors (Lipinski definition) is 3. The molecule has 3 rings (SSSR count).